The van der Waals surface area contributed by atoms with Gasteiger partial charge in [0.15, 0.2) is 0 Å². The van der Waals surface area contributed by atoms with E-state index in [2.05, 4.69) is 21.2 Å². The Bertz CT molecular complexity index is 1430. The number of benzene rings is 3. The fraction of sp³-hybridized carbons (Fsp3) is 0.394. The van der Waals surface area contributed by atoms with Gasteiger partial charge in [0, 0.05) is 22.9 Å². The van der Waals surface area contributed by atoms with Gasteiger partial charge in [0.2, 0.25) is 5.91 Å². The number of anilines is 1. The number of carbonyl (C=O) groups excluding carboxylic acids is 2. The molecule has 234 valence electrons. The van der Waals surface area contributed by atoms with E-state index < -0.39 is 59.0 Å². The fourth-order valence-corrected chi connectivity index (χ4v) is 6.12. The topological polar surface area (TPSA) is 73.9 Å². The molecule has 0 spiro atoms. The molecule has 1 heterocycles. The minimum atomic E-state index is -4.74. The number of ether oxygens (including phenoxy) is 3. The Morgan fingerprint density at radius 1 is 1.00 bits per heavy atom. The summed E-state index contributed by atoms with van der Waals surface area (Å²) < 4.78 is 72.4. The van der Waals surface area contributed by atoms with Gasteiger partial charge >= 0.3 is 12.1 Å². The van der Waals surface area contributed by atoms with Crippen LogP contribution in [0.2, 0.25) is 0 Å². The summed E-state index contributed by atoms with van der Waals surface area (Å²) in [5.74, 6) is -4.80. The van der Waals surface area contributed by atoms with Gasteiger partial charge < -0.3 is 19.5 Å². The van der Waals surface area contributed by atoms with Crippen molar-refractivity contribution in [2.24, 2.45) is 17.8 Å². The highest BCUT2D eigenvalue weighted by Crippen LogP contribution is 2.44. The molecular formula is C33H32BrF4NO5. The average Bonchev–Trinajstić information content (AvgIpc) is 3.53. The van der Waals surface area contributed by atoms with Gasteiger partial charge in [-0.2, -0.15) is 13.2 Å². The molecule has 0 aromatic heterocycles. The molecule has 3 aromatic rings. The van der Waals surface area contributed by atoms with Crippen LogP contribution >= 0.6 is 15.9 Å². The number of amides is 1. The van der Waals surface area contributed by atoms with Gasteiger partial charge in [-0.1, -0.05) is 58.4 Å². The lowest BCUT2D eigenvalue weighted by molar-refractivity contribution is -0.159. The van der Waals surface area contributed by atoms with E-state index in [0.717, 1.165) is 28.1 Å². The van der Waals surface area contributed by atoms with Gasteiger partial charge in [-0.3, -0.25) is 9.59 Å². The SMILES string of the molecule is O=C(OCc1ccccc1)[C@@H]1[C@@H](c2ccc(Br)cc2)C[C@@H](OC[C@H]2CCOC2)C[C@H]1C(=O)Nc1ccc(C(F)(F)F)cc1F. The number of rotatable bonds is 9. The van der Waals surface area contributed by atoms with Crippen LogP contribution in [-0.4, -0.2) is 37.8 Å². The van der Waals surface area contributed by atoms with Crippen LogP contribution in [0.15, 0.2) is 77.3 Å². The number of hydrogen-bond acceptors (Lipinski definition) is 5. The molecule has 1 amide bonds. The molecule has 1 aliphatic heterocycles. The molecule has 0 unspecified atom stereocenters. The van der Waals surface area contributed by atoms with Crippen molar-refractivity contribution in [1.29, 1.82) is 0 Å². The Labute approximate surface area is 261 Å². The van der Waals surface area contributed by atoms with E-state index in [1.165, 1.54) is 0 Å². The van der Waals surface area contributed by atoms with Gasteiger partial charge in [-0.15, -0.1) is 0 Å². The molecule has 44 heavy (non-hydrogen) atoms. The lowest BCUT2D eigenvalue weighted by Crippen LogP contribution is -2.45. The molecule has 2 fully saturated rings. The molecule has 6 nitrogen and oxygen atoms in total. The second kappa shape index (κ2) is 14.2. The van der Waals surface area contributed by atoms with Gasteiger partial charge in [0.25, 0.3) is 0 Å². The third-order valence-electron chi connectivity index (χ3n) is 8.18. The van der Waals surface area contributed by atoms with E-state index in [1.54, 1.807) is 0 Å². The molecule has 1 aliphatic carbocycles. The van der Waals surface area contributed by atoms with E-state index in [1.807, 2.05) is 54.6 Å². The predicted molar refractivity (Wildman–Crippen MR) is 158 cm³/mol. The van der Waals surface area contributed by atoms with Crippen LogP contribution in [0.4, 0.5) is 23.2 Å². The van der Waals surface area contributed by atoms with Gasteiger partial charge in [-0.05, 0) is 60.7 Å². The molecule has 5 atom stereocenters. The van der Waals surface area contributed by atoms with Crippen LogP contribution in [0.3, 0.4) is 0 Å². The van der Waals surface area contributed by atoms with Crippen LogP contribution in [0.5, 0.6) is 0 Å². The quantitative estimate of drug-likeness (QED) is 0.187. The van der Waals surface area contributed by atoms with Crippen molar-refractivity contribution in [1.82, 2.24) is 0 Å². The molecule has 0 bridgehead atoms. The summed E-state index contributed by atoms with van der Waals surface area (Å²) in [5, 5.41) is 2.44. The average molecular weight is 679 g/mol. The van der Waals surface area contributed by atoms with E-state index >= 15 is 0 Å². The monoisotopic (exact) mass is 677 g/mol. The molecular weight excluding hydrogens is 646 g/mol. The molecule has 2 aliphatic rings. The summed E-state index contributed by atoms with van der Waals surface area (Å²) in [7, 11) is 0. The fourth-order valence-electron chi connectivity index (χ4n) is 5.85. The van der Waals surface area contributed by atoms with Crippen molar-refractivity contribution in [3.63, 3.8) is 0 Å². The minimum Gasteiger partial charge on any atom is -0.461 e. The minimum absolute atomic E-state index is 0.00723. The molecule has 3 aromatic carbocycles. The number of nitrogens with one attached hydrogen (secondary N) is 1. The molecule has 1 saturated carbocycles. The summed E-state index contributed by atoms with van der Waals surface area (Å²) in [6, 6.07) is 18.4. The van der Waals surface area contributed by atoms with E-state index in [9.17, 15) is 27.2 Å². The van der Waals surface area contributed by atoms with Crippen molar-refractivity contribution in [3.8, 4) is 0 Å². The molecule has 5 rings (SSSR count). The second-order valence-corrected chi connectivity index (χ2v) is 12.1. The van der Waals surface area contributed by atoms with Crippen LogP contribution in [0, 0.1) is 23.6 Å². The Balaban J connectivity index is 1.45. The van der Waals surface area contributed by atoms with Crippen LogP contribution in [-0.2, 0) is 36.6 Å². The normalized spacial score (nSPS) is 23.7. The highest BCUT2D eigenvalue weighted by Gasteiger charge is 2.47. The molecule has 0 radical (unpaired) electrons. The highest BCUT2D eigenvalue weighted by molar-refractivity contribution is 9.10. The first-order valence-electron chi connectivity index (χ1n) is 14.4. The van der Waals surface area contributed by atoms with E-state index in [4.69, 9.17) is 14.2 Å². The number of alkyl halides is 3. The summed E-state index contributed by atoms with van der Waals surface area (Å²) >= 11 is 3.44. The van der Waals surface area contributed by atoms with Crippen molar-refractivity contribution in [2.45, 2.75) is 44.1 Å². The maximum atomic E-state index is 14.8. The Morgan fingerprint density at radius 3 is 2.41 bits per heavy atom. The number of hydrogen-bond donors (Lipinski definition) is 1. The number of esters is 1. The summed E-state index contributed by atoms with van der Waals surface area (Å²) in [5.41, 5.74) is -0.0195. The summed E-state index contributed by atoms with van der Waals surface area (Å²) in [6.45, 7) is 1.64. The van der Waals surface area contributed by atoms with E-state index in [-0.39, 0.29) is 18.9 Å². The zero-order valence-electron chi connectivity index (χ0n) is 23.7. The van der Waals surface area contributed by atoms with Crippen molar-refractivity contribution < 1.29 is 41.4 Å². The zero-order chi connectivity index (χ0) is 31.3. The van der Waals surface area contributed by atoms with Gasteiger partial charge in [0.1, 0.15) is 12.4 Å². The Hall–Kier alpha value is -3.28. The van der Waals surface area contributed by atoms with Crippen LogP contribution < -0.4 is 5.32 Å². The van der Waals surface area contributed by atoms with Crippen molar-refractivity contribution in [3.05, 3.63) is 99.8 Å². The standard InChI is InChI=1S/C33H32BrF4NO5/c34-24-9-6-22(7-10-24)26-15-25(43-19-21-12-13-42-17-21)16-27(30(26)32(41)44-18-20-4-2-1-3-5-20)31(40)39-29-11-8-23(14-28(29)35)33(36,37)38/h1-11,14,21,25-27,30H,12-13,15-19H2,(H,39,40)/t21-,25+,26+,27+,30+/m0/s1. The Morgan fingerprint density at radius 2 is 1.75 bits per heavy atom. The second-order valence-electron chi connectivity index (χ2n) is 11.2. The van der Waals surface area contributed by atoms with Crippen molar-refractivity contribution in [2.75, 3.05) is 25.1 Å². The highest BCUT2D eigenvalue weighted by atomic mass is 79.9. The third kappa shape index (κ3) is 8.05. The summed E-state index contributed by atoms with van der Waals surface area (Å²) in [4.78, 5) is 27.7. The molecule has 11 heteroatoms. The first-order valence-corrected chi connectivity index (χ1v) is 15.2. The number of carbonyl (C=O) groups is 2. The Kier molecular flexibility index (Phi) is 10.4. The first kappa shape index (κ1) is 32.1. The zero-order valence-corrected chi connectivity index (χ0v) is 25.3. The maximum Gasteiger partial charge on any atom is 0.416 e. The van der Waals surface area contributed by atoms with Gasteiger partial charge in [0.05, 0.1) is 42.4 Å². The largest absolute Gasteiger partial charge is 0.461 e. The van der Waals surface area contributed by atoms with Gasteiger partial charge in [-0.25, -0.2) is 4.39 Å². The lowest BCUT2D eigenvalue weighted by atomic mass is 9.67. The molecule has 1 saturated heterocycles. The van der Waals surface area contributed by atoms with Crippen molar-refractivity contribution >= 4 is 33.5 Å². The smallest absolute Gasteiger partial charge is 0.416 e. The first-order chi connectivity index (χ1) is 21.1. The molecule has 1 N–H and O–H groups in total. The van der Waals surface area contributed by atoms with E-state index in [0.29, 0.717) is 38.4 Å². The summed E-state index contributed by atoms with van der Waals surface area (Å²) in [6.07, 6.45) is -3.74. The number of halogens is 5. The predicted octanol–water partition coefficient (Wildman–Crippen LogP) is 7.52. The lowest BCUT2D eigenvalue weighted by Gasteiger charge is -2.40. The van der Waals surface area contributed by atoms with Crippen LogP contribution in [0.1, 0.15) is 41.9 Å². The third-order valence-corrected chi connectivity index (χ3v) is 8.71. The van der Waals surface area contributed by atoms with Crippen LogP contribution in [0.25, 0.3) is 0 Å². The maximum absolute atomic E-state index is 14.8.